The number of oxime groups is 1. The summed E-state index contributed by atoms with van der Waals surface area (Å²) in [4.78, 5) is 10.5. The van der Waals surface area contributed by atoms with Crippen molar-refractivity contribution in [1.29, 1.82) is 0 Å². The largest absolute Gasteiger partial charge is 0.507 e. The lowest BCUT2D eigenvalue weighted by Crippen LogP contribution is -2.54. The van der Waals surface area contributed by atoms with Gasteiger partial charge < -0.3 is 24.5 Å². The van der Waals surface area contributed by atoms with E-state index in [9.17, 15) is 9.50 Å². The molecule has 6 nitrogen and oxygen atoms in total. The van der Waals surface area contributed by atoms with E-state index in [2.05, 4.69) is 35.9 Å². The maximum absolute atomic E-state index is 13.5. The van der Waals surface area contributed by atoms with E-state index in [1.165, 1.54) is 6.07 Å². The van der Waals surface area contributed by atoms with Crippen molar-refractivity contribution in [2.75, 3.05) is 26.7 Å². The molecule has 1 N–H and O–H groups in total. The number of nitrogens with zero attached hydrogens (tertiary/aromatic N) is 3. The van der Waals surface area contributed by atoms with Gasteiger partial charge in [0, 0.05) is 44.0 Å². The molecule has 0 saturated carbocycles. The molecule has 2 heterocycles. The number of likely N-dealkylation sites (tertiary alicyclic amines) is 1. The highest BCUT2D eigenvalue weighted by molar-refractivity contribution is 5.85. The van der Waals surface area contributed by atoms with Crippen molar-refractivity contribution in [2.45, 2.75) is 45.4 Å². The number of hydrogen-bond acceptors (Lipinski definition) is 6. The molecule has 4 rings (SSSR count). The van der Waals surface area contributed by atoms with Crippen LogP contribution < -0.4 is 4.74 Å². The predicted octanol–water partition coefficient (Wildman–Crippen LogP) is 4.38. The summed E-state index contributed by atoms with van der Waals surface area (Å²) in [6, 6.07) is 12.2. The smallest absolute Gasteiger partial charge is 0.213 e. The molecule has 1 saturated heterocycles. The molecule has 2 aromatic carbocycles. The fourth-order valence-electron chi connectivity index (χ4n) is 4.15. The minimum absolute atomic E-state index is 0.0500. The van der Waals surface area contributed by atoms with Gasteiger partial charge in [-0.3, -0.25) is 0 Å². The minimum Gasteiger partial charge on any atom is -0.507 e. The second kappa shape index (κ2) is 9.36. The monoisotopic (exact) mass is 441 g/mol. The van der Waals surface area contributed by atoms with E-state index in [1.807, 2.05) is 24.3 Å². The molecule has 0 aromatic heterocycles. The maximum Gasteiger partial charge on any atom is 0.213 e. The number of aromatic hydroxyl groups is 1. The van der Waals surface area contributed by atoms with Crippen LogP contribution in [-0.4, -0.2) is 53.2 Å². The van der Waals surface area contributed by atoms with Gasteiger partial charge in [0.25, 0.3) is 0 Å². The van der Waals surface area contributed by atoms with Gasteiger partial charge in [0.05, 0.1) is 13.2 Å². The summed E-state index contributed by atoms with van der Waals surface area (Å²) in [6.45, 7) is 7.14. The number of phenolic OH excluding ortho intramolecular Hbond substituents is 1. The topological polar surface area (TPSA) is 57.5 Å². The summed E-state index contributed by atoms with van der Waals surface area (Å²) in [7, 11) is 2.10. The second-order valence-electron chi connectivity index (χ2n) is 9.23. The normalized spacial score (nSPS) is 18.2. The Morgan fingerprint density at radius 2 is 1.88 bits per heavy atom. The fourth-order valence-corrected chi connectivity index (χ4v) is 4.15. The standard InChI is InChI=1S/C25H32FN3O3/c1-18(2)17-31-22-8-4-19(5-9-22)14-24-27-32-25(10-12-28(3)13-11-25)29(24)16-20-6-7-21(26)15-23(20)30/h4-9,15,18,30H,10-14,16-17H2,1-3H3. The van der Waals surface area contributed by atoms with Crippen LogP contribution in [0, 0.1) is 11.7 Å². The third-order valence-electron chi connectivity index (χ3n) is 6.14. The maximum atomic E-state index is 13.5. The molecule has 172 valence electrons. The molecule has 7 heteroatoms. The summed E-state index contributed by atoms with van der Waals surface area (Å²) in [5.74, 6) is 1.64. The van der Waals surface area contributed by atoms with Crippen LogP contribution in [0.15, 0.2) is 47.6 Å². The number of ether oxygens (including phenoxy) is 1. The summed E-state index contributed by atoms with van der Waals surface area (Å²) in [6.07, 6.45) is 2.21. The SMILES string of the molecule is CC(C)COc1ccc(CC2=NOC3(CCN(C)CC3)N2Cc2ccc(F)cc2O)cc1. The molecular formula is C25H32FN3O3. The molecule has 0 unspecified atom stereocenters. The van der Waals surface area contributed by atoms with Crippen LogP contribution in [0.25, 0.3) is 0 Å². The summed E-state index contributed by atoms with van der Waals surface area (Å²) in [5, 5.41) is 14.8. The highest BCUT2D eigenvalue weighted by Gasteiger charge is 2.47. The highest BCUT2D eigenvalue weighted by Crippen LogP contribution is 2.38. The molecule has 2 aromatic rings. The number of hydrogen-bond donors (Lipinski definition) is 1. The van der Waals surface area contributed by atoms with Crippen LogP contribution in [0.5, 0.6) is 11.5 Å². The zero-order chi connectivity index (χ0) is 22.7. The van der Waals surface area contributed by atoms with Crippen molar-refractivity contribution in [3.05, 3.63) is 59.4 Å². The summed E-state index contributed by atoms with van der Waals surface area (Å²) in [5.41, 5.74) is 1.21. The van der Waals surface area contributed by atoms with E-state index in [4.69, 9.17) is 9.57 Å². The first-order valence-corrected chi connectivity index (χ1v) is 11.2. The van der Waals surface area contributed by atoms with Crippen molar-refractivity contribution in [2.24, 2.45) is 11.1 Å². The first-order chi connectivity index (χ1) is 15.3. The lowest BCUT2D eigenvalue weighted by Gasteiger charge is -2.42. The molecule has 0 radical (unpaired) electrons. The van der Waals surface area contributed by atoms with Gasteiger partial charge in [-0.1, -0.05) is 37.2 Å². The van der Waals surface area contributed by atoms with Crippen molar-refractivity contribution in [1.82, 2.24) is 9.80 Å². The van der Waals surface area contributed by atoms with Crippen molar-refractivity contribution in [3.8, 4) is 11.5 Å². The van der Waals surface area contributed by atoms with Crippen molar-refractivity contribution in [3.63, 3.8) is 0 Å². The van der Waals surface area contributed by atoms with E-state index in [1.54, 1.807) is 6.07 Å². The number of phenols is 1. The molecule has 1 spiro atoms. The summed E-state index contributed by atoms with van der Waals surface area (Å²) < 4.78 is 19.3. The van der Waals surface area contributed by atoms with Crippen molar-refractivity contribution >= 4 is 5.84 Å². The minimum atomic E-state index is -0.539. The third kappa shape index (κ3) is 4.99. The Kier molecular flexibility index (Phi) is 6.55. The van der Waals surface area contributed by atoms with Gasteiger partial charge in [-0.15, -0.1) is 0 Å². The van der Waals surface area contributed by atoms with Gasteiger partial charge in [-0.05, 0) is 36.7 Å². The van der Waals surface area contributed by atoms with E-state index in [0.717, 1.165) is 49.1 Å². The summed E-state index contributed by atoms with van der Waals surface area (Å²) >= 11 is 0. The number of halogens is 1. The molecule has 2 aliphatic rings. The molecule has 32 heavy (non-hydrogen) atoms. The average molecular weight is 442 g/mol. The molecule has 1 fully saturated rings. The average Bonchev–Trinajstić information content (AvgIpc) is 3.08. The second-order valence-corrected chi connectivity index (χ2v) is 9.23. The molecule has 2 aliphatic heterocycles. The Balaban J connectivity index is 1.53. The van der Waals surface area contributed by atoms with Crippen LogP contribution >= 0.6 is 0 Å². The van der Waals surface area contributed by atoms with Gasteiger partial charge >= 0.3 is 0 Å². The van der Waals surface area contributed by atoms with Crippen LogP contribution in [0.4, 0.5) is 4.39 Å². The van der Waals surface area contributed by atoms with Gasteiger partial charge in [0.2, 0.25) is 5.72 Å². The van der Waals surface area contributed by atoms with Crippen LogP contribution in [0.2, 0.25) is 0 Å². The number of piperidine rings is 1. The number of amidine groups is 1. The highest BCUT2D eigenvalue weighted by atomic mass is 19.1. The fraction of sp³-hybridized carbons (Fsp3) is 0.480. The predicted molar refractivity (Wildman–Crippen MR) is 122 cm³/mol. The van der Waals surface area contributed by atoms with Crippen molar-refractivity contribution < 1.29 is 19.1 Å². The first-order valence-electron chi connectivity index (χ1n) is 11.2. The molecule has 0 aliphatic carbocycles. The van der Waals surface area contributed by atoms with E-state index >= 15 is 0 Å². The van der Waals surface area contributed by atoms with Gasteiger partial charge in [0.1, 0.15) is 17.3 Å². The first kappa shape index (κ1) is 22.4. The Morgan fingerprint density at radius 3 is 2.53 bits per heavy atom. The Hall–Kier alpha value is -2.80. The quantitative estimate of drug-likeness (QED) is 0.691. The lowest BCUT2D eigenvalue weighted by molar-refractivity contribution is -0.133. The Morgan fingerprint density at radius 1 is 1.16 bits per heavy atom. The number of rotatable bonds is 7. The van der Waals surface area contributed by atoms with Gasteiger partial charge in [-0.25, -0.2) is 4.39 Å². The third-order valence-corrected chi connectivity index (χ3v) is 6.14. The Labute approximate surface area is 189 Å². The van der Waals surface area contributed by atoms with E-state index in [-0.39, 0.29) is 5.75 Å². The van der Waals surface area contributed by atoms with Gasteiger partial charge in [0.15, 0.2) is 5.84 Å². The Bertz CT molecular complexity index is 953. The molecule has 0 bridgehead atoms. The van der Waals surface area contributed by atoms with Gasteiger partial charge in [-0.2, -0.15) is 0 Å². The van der Waals surface area contributed by atoms with Crippen LogP contribution in [0.3, 0.4) is 0 Å². The molecular weight excluding hydrogens is 409 g/mol. The van der Waals surface area contributed by atoms with E-state index < -0.39 is 11.5 Å². The lowest BCUT2D eigenvalue weighted by atomic mass is 9.97. The molecule has 0 amide bonds. The molecule has 0 atom stereocenters. The van der Waals surface area contributed by atoms with Crippen LogP contribution in [0.1, 0.15) is 37.8 Å². The van der Waals surface area contributed by atoms with E-state index in [0.29, 0.717) is 31.1 Å². The number of benzene rings is 2. The zero-order valence-electron chi connectivity index (χ0n) is 19.1. The zero-order valence-corrected chi connectivity index (χ0v) is 19.1. The van der Waals surface area contributed by atoms with Crippen LogP contribution in [-0.2, 0) is 17.8 Å².